The molecule has 3 aliphatic rings. The van der Waals surface area contributed by atoms with Crippen molar-refractivity contribution in [2.75, 3.05) is 58.9 Å². The Morgan fingerprint density at radius 3 is 1.91 bits per heavy atom. The molecule has 0 saturated carbocycles. The van der Waals surface area contributed by atoms with Crippen LogP contribution in [-0.4, -0.2) is 199 Å². The maximum absolute atomic E-state index is 13.2. The quantitative estimate of drug-likeness (QED) is 0.0160. The van der Waals surface area contributed by atoms with Crippen LogP contribution in [0.5, 0.6) is 0 Å². The normalized spacial score (nSPS) is 20.7. The summed E-state index contributed by atoms with van der Waals surface area (Å²) >= 11 is 0.917. The summed E-state index contributed by atoms with van der Waals surface area (Å²) in [5, 5.41) is 52.0. The summed E-state index contributed by atoms with van der Waals surface area (Å²) in [6.07, 6.45) is 3.82. The van der Waals surface area contributed by atoms with Crippen LogP contribution in [0, 0.1) is 6.57 Å². The number of esters is 3. The molecule has 9 N–H and O–H groups in total. The van der Waals surface area contributed by atoms with E-state index in [1.165, 1.54) is 6.92 Å². The molecule has 0 spiro atoms. The molecule has 1 aromatic rings. The molecule has 78 heavy (non-hydrogen) atoms. The third-order valence-electron chi connectivity index (χ3n) is 14.2. The van der Waals surface area contributed by atoms with Crippen molar-refractivity contribution < 1.29 is 81.3 Å². The molecule has 4 amide bonds. The van der Waals surface area contributed by atoms with E-state index < -0.39 is 77.7 Å². The number of ether oxygens (including phenoxy) is 3. The van der Waals surface area contributed by atoms with Crippen molar-refractivity contribution in [3.8, 4) is 6.57 Å². The van der Waals surface area contributed by atoms with Gasteiger partial charge in [0.1, 0.15) is 37.5 Å². The molecule has 0 aliphatic carbocycles. The summed E-state index contributed by atoms with van der Waals surface area (Å²) in [4.78, 5) is 120. The second kappa shape index (κ2) is 32.8. The number of nitrogens with one attached hydrogen (secondary N) is 5. The number of hydrogen-bond donors (Lipinski definition) is 9. The van der Waals surface area contributed by atoms with Gasteiger partial charge in [-0.2, -0.15) is 0 Å². The molecule has 3 heterocycles. The molecule has 430 valence electrons. The van der Waals surface area contributed by atoms with E-state index in [1.54, 1.807) is 13.8 Å². The molecule has 3 fully saturated rings. The van der Waals surface area contributed by atoms with E-state index in [1.807, 2.05) is 45.4 Å². The predicted molar refractivity (Wildman–Crippen MR) is 279 cm³/mol. The van der Waals surface area contributed by atoms with Gasteiger partial charge in [-0.15, -0.1) is 0 Å². The van der Waals surface area contributed by atoms with Crippen LogP contribution in [-0.2, 0) is 59.2 Å². The van der Waals surface area contributed by atoms with Crippen molar-refractivity contribution in [3.63, 3.8) is 0 Å². The van der Waals surface area contributed by atoms with Gasteiger partial charge in [-0.1, -0.05) is 43.2 Å². The predicted octanol–water partition coefficient (Wildman–Crippen LogP) is 1.96. The first-order chi connectivity index (χ1) is 37.0. The zero-order valence-corrected chi connectivity index (χ0v) is 46.1. The SMILES string of the molecule is C#[N+][C@@](CCC(=O)O)(NC(=O)N[C@@](C)(CCCCNC(=O)CCCCCCC(=O)NC(CCCCNC(O)CCCN1CCN2CC(=O)O[C@]2(C)[C@]2(C)OC(=O)CN2CC1)C(=O)OCc1ccccc1)C(=O)O)C(=O)O.[F][Al+2]. The molecule has 27 heteroatoms. The van der Waals surface area contributed by atoms with E-state index >= 15 is 0 Å². The number of aliphatic hydroxyl groups is 1. The summed E-state index contributed by atoms with van der Waals surface area (Å²) in [5.41, 5.74) is -5.78. The molecule has 3 saturated heterocycles. The number of carboxylic acid groups (broad SMARTS) is 3. The third-order valence-corrected chi connectivity index (χ3v) is 14.2. The van der Waals surface area contributed by atoms with Gasteiger partial charge in [0.15, 0.2) is 0 Å². The first kappa shape index (κ1) is 66.3. The molecule has 0 radical (unpaired) electrons. The fourth-order valence-corrected chi connectivity index (χ4v) is 9.37. The Labute approximate surface area is 462 Å². The zero-order valence-electron chi connectivity index (χ0n) is 44.9. The summed E-state index contributed by atoms with van der Waals surface area (Å²) in [6, 6.07) is 7.09. The second-order valence-electron chi connectivity index (χ2n) is 20.0. The van der Waals surface area contributed by atoms with Crippen molar-refractivity contribution >= 4 is 70.4 Å². The first-order valence-electron chi connectivity index (χ1n) is 26.3. The Balaban J connectivity index is 0.00000790. The molecular formula is C51H78AlFN9O16+3. The Hall–Kier alpha value is -6.00. The Morgan fingerprint density at radius 2 is 1.35 bits per heavy atom. The number of fused-ring (bicyclic) bond motifs is 3. The van der Waals surface area contributed by atoms with Crippen LogP contribution in [0.1, 0.15) is 129 Å². The number of carbonyl (C=O) groups excluding carboxylic acids is 6. The van der Waals surface area contributed by atoms with Gasteiger partial charge in [0.05, 0.1) is 12.8 Å². The number of aliphatic hydroxyl groups excluding tert-OH is 1. The number of halogens is 1. The molecule has 6 atom stereocenters. The van der Waals surface area contributed by atoms with Crippen LogP contribution in [0.4, 0.5) is 8.32 Å². The van der Waals surface area contributed by atoms with Gasteiger partial charge in [0.2, 0.25) is 23.3 Å². The number of unbranched alkanes of at least 4 members (excludes halogenated alkanes) is 5. The van der Waals surface area contributed by atoms with Crippen LogP contribution >= 0.6 is 0 Å². The molecule has 2 unspecified atom stereocenters. The first-order valence-corrected chi connectivity index (χ1v) is 26.8. The van der Waals surface area contributed by atoms with Gasteiger partial charge >= 0.3 is 67.8 Å². The third kappa shape index (κ3) is 20.7. The topological polar surface area (TPSA) is 336 Å². The average Bonchev–Trinajstić information content (AvgIpc) is 3.96. The summed E-state index contributed by atoms with van der Waals surface area (Å²) in [6.45, 7) is 14.0. The van der Waals surface area contributed by atoms with Crippen molar-refractivity contribution in [2.45, 2.75) is 165 Å². The van der Waals surface area contributed by atoms with E-state index in [0.29, 0.717) is 103 Å². The van der Waals surface area contributed by atoms with Gasteiger partial charge in [-0.05, 0) is 108 Å². The molecule has 3 aliphatic heterocycles. The van der Waals surface area contributed by atoms with Crippen LogP contribution in [0.2, 0.25) is 0 Å². The minimum absolute atomic E-state index is 0.0509. The summed E-state index contributed by atoms with van der Waals surface area (Å²) < 4.78 is 26.6. The number of aliphatic carboxylic acids is 3. The number of benzene rings is 1. The Kier molecular flexibility index (Phi) is 27.9. The monoisotopic (exact) mass is 1120 g/mol. The van der Waals surface area contributed by atoms with E-state index in [-0.39, 0.29) is 75.7 Å². The fourth-order valence-electron chi connectivity index (χ4n) is 9.37. The fraction of sp³-hybridized carbons (Fsp3) is 0.686. The minimum atomic E-state index is -2.50. The number of urea groups is 1. The molecule has 0 bridgehead atoms. The summed E-state index contributed by atoms with van der Waals surface area (Å²) in [7, 11) is 0. The number of nitrogens with zero attached hydrogens (tertiary/aromatic N) is 4. The van der Waals surface area contributed by atoms with E-state index in [0.717, 1.165) is 22.3 Å². The van der Waals surface area contributed by atoms with E-state index in [2.05, 4.69) is 31.0 Å². The zero-order chi connectivity index (χ0) is 57.9. The van der Waals surface area contributed by atoms with Gasteiger partial charge in [0.25, 0.3) is 6.57 Å². The molecule has 4 rings (SSSR count). The van der Waals surface area contributed by atoms with Gasteiger partial charge in [-0.25, -0.2) is 29.0 Å². The number of carbonyl (C=O) groups is 9. The molecular weight excluding hydrogens is 1040 g/mol. The molecule has 25 nitrogen and oxygen atoms in total. The van der Waals surface area contributed by atoms with Crippen molar-refractivity contribution in [3.05, 3.63) is 40.7 Å². The van der Waals surface area contributed by atoms with Crippen LogP contribution in [0.25, 0.3) is 4.85 Å². The van der Waals surface area contributed by atoms with Gasteiger partial charge in [0, 0.05) is 45.6 Å². The van der Waals surface area contributed by atoms with Crippen LogP contribution in [0.3, 0.4) is 0 Å². The Bertz CT molecular complexity index is 2190. The number of rotatable bonds is 33. The van der Waals surface area contributed by atoms with Crippen molar-refractivity contribution in [1.82, 2.24) is 41.3 Å². The van der Waals surface area contributed by atoms with E-state index in [4.69, 9.17) is 25.9 Å². The number of hydrogen-bond acceptors (Lipinski definition) is 17. The van der Waals surface area contributed by atoms with Crippen molar-refractivity contribution in [2.24, 2.45) is 0 Å². The Morgan fingerprint density at radius 1 is 0.756 bits per heavy atom. The molecule has 1 aromatic carbocycles. The number of amides is 4. The standard InChI is InChI=1S/C51H77N9O16.Al.FH/c1-48(45(69)70,56-47(73)57-51(52-4,46(71)72)25-23-41(64)65)24-13-15-27-54-38(61)20-10-5-6-11-21-40(63)55-37(44(68)74-35-36-17-8-7-9-18-36)19-12-14-26-53-39(62)22-16-28-58-29-31-59-33-42(66)75-49(59,2)50(3)60(32-30-58)34-43(67)76-50;;/h4,7-9,17-18,37,39,53,62H,5-6,10-16,19-35H2,1-3H3,(H6-,54,55,56,57,61,63,64,65,69,70,71,72,73);;1H/q;+3;/t37?,39?,48-,49-,50+,51-;;/m0../s1. The van der Waals surface area contributed by atoms with Crippen LogP contribution in [0.15, 0.2) is 30.3 Å². The second-order valence-corrected chi connectivity index (χ2v) is 20.0. The van der Waals surface area contributed by atoms with Crippen molar-refractivity contribution in [1.29, 1.82) is 0 Å². The molecule has 0 aromatic heterocycles. The number of carboxylic acids is 3. The van der Waals surface area contributed by atoms with Crippen LogP contribution < -0.4 is 26.6 Å². The average molecular weight is 1120 g/mol. The summed E-state index contributed by atoms with van der Waals surface area (Å²) in [5.74, 6) is -6.31. The maximum atomic E-state index is 13.2. The van der Waals surface area contributed by atoms with E-state index in [9.17, 15) is 62.0 Å². The van der Waals surface area contributed by atoms with Gasteiger partial charge < -0.3 is 55.5 Å². The van der Waals surface area contributed by atoms with Gasteiger partial charge in [-0.3, -0.25) is 34.6 Å².